The van der Waals surface area contributed by atoms with Crippen LogP contribution in [0.5, 0.6) is 0 Å². The molecule has 0 radical (unpaired) electrons. The lowest BCUT2D eigenvalue weighted by atomic mass is 9.99. The zero-order valence-corrected chi connectivity index (χ0v) is 11.6. The van der Waals surface area contributed by atoms with Crippen molar-refractivity contribution in [3.05, 3.63) is 27.9 Å². The van der Waals surface area contributed by atoms with Crippen LogP contribution in [-0.2, 0) is 0 Å². The molecule has 0 saturated carbocycles. The summed E-state index contributed by atoms with van der Waals surface area (Å²) in [5, 5.41) is 13.8. The molecule has 0 spiro atoms. The van der Waals surface area contributed by atoms with Gasteiger partial charge in [0.2, 0.25) is 0 Å². The Morgan fingerprint density at radius 1 is 1.55 bits per heavy atom. The minimum Gasteiger partial charge on any atom is -0.358 e. The van der Waals surface area contributed by atoms with Crippen molar-refractivity contribution in [2.75, 3.05) is 20.1 Å². The van der Waals surface area contributed by atoms with Crippen molar-refractivity contribution < 1.29 is 9.72 Å². The molecule has 0 aromatic carbocycles. The molecule has 7 heteroatoms. The van der Waals surface area contributed by atoms with Gasteiger partial charge in [0.05, 0.1) is 0 Å². The summed E-state index contributed by atoms with van der Waals surface area (Å²) in [7, 11) is 1.89. The maximum Gasteiger partial charge on any atom is 0.321 e. The quantitative estimate of drug-likeness (QED) is 0.632. The molecule has 2 rings (SSSR count). The third-order valence-electron chi connectivity index (χ3n) is 3.71. The number of aromatic amines is 1. The first-order chi connectivity index (χ1) is 9.63. The Balaban J connectivity index is 2.09. The molecule has 1 aliphatic heterocycles. The highest BCUT2D eigenvalue weighted by molar-refractivity contribution is 5.93. The van der Waals surface area contributed by atoms with Gasteiger partial charge in [0.25, 0.3) is 5.91 Å². The number of amides is 1. The van der Waals surface area contributed by atoms with Crippen LogP contribution < -0.4 is 5.32 Å². The van der Waals surface area contributed by atoms with Crippen molar-refractivity contribution in [1.82, 2.24) is 15.2 Å². The first-order valence-corrected chi connectivity index (χ1v) is 6.92. The van der Waals surface area contributed by atoms with Crippen LogP contribution in [0.15, 0.2) is 12.1 Å². The van der Waals surface area contributed by atoms with Crippen LogP contribution in [0.25, 0.3) is 0 Å². The fraction of sp³-hybridized carbons (Fsp3) is 0.615. The van der Waals surface area contributed by atoms with Gasteiger partial charge in [-0.3, -0.25) is 4.79 Å². The minimum absolute atomic E-state index is 0.140. The number of rotatable bonds is 5. The lowest BCUT2D eigenvalue weighted by Crippen LogP contribution is -2.44. The standard InChI is InChI=1S/C13H20N4O3/c1-14-8-7-10-4-2-3-9-16(10)13(18)11-5-6-12(15-11)17(19)20/h5-6,10,14-15H,2-4,7-9H2,1H3. The van der Waals surface area contributed by atoms with Gasteiger partial charge in [-0.1, -0.05) is 0 Å². The minimum atomic E-state index is -0.522. The van der Waals surface area contributed by atoms with E-state index in [0.29, 0.717) is 5.69 Å². The largest absolute Gasteiger partial charge is 0.358 e. The third kappa shape index (κ3) is 3.16. The van der Waals surface area contributed by atoms with Gasteiger partial charge in [-0.15, -0.1) is 0 Å². The number of carbonyl (C=O) groups excluding carboxylic acids is 1. The number of nitrogens with one attached hydrogen (secondary N) is 2. The number of nitro groups is 1. The molecule has 1 aliphatic rings. The van der Waals surface area contributed by atoms with Gasteiger partial charge in [0.15, 0.2) is 5.69 Å². The summed E-state index contributed by atoms with van der Waals surface area (Å²) in [6.45, 7) is 1.58. The topological polar surface area (TPSA) is 91.3 Å². The monoisotopic (exact) mass is 280 g/mol. The van der Waals surface area contributed by atoms with Gasteiger partial charge < -0.3 is 20.3 Å². The summed E-state index contributed by atoms with van der Waals surface area (Å²) < 4.78 is 0. The number of H-pyrrole nitrogens is 1. The van der Waals surface area contributed by atoms with Gasteiger partial charge in [0, 0.05) is 18.7 Å². The highest BCUT2D eigenvalue weighted by atomic mass is 16.6. The van der Waals surface area contributed by atoms with Gasteiger partial charge in [-0.2, -0.15) is 0 Å². The van der Waals surface area contributed by atoms with Gasteiger partial charge in [-0.25, -0.2) is 4.98 Å². The normalized spacial score (nSPS) is 19.1. The van der Waals surface area contributed by atoms with E-state index >= 15 is 0 Å². The van der Waals surface area contributed by atoms with Crippen LogP contribution in [0.3, 0.4) is 0 Å². The van der Waals surface area contributed by atoms with E-state index in [1.807, 2.05) is 11.9 Å². The molecule has 7 nitrogen and oxygen atoms in total. The fourth-order valence-electron chi connectivity index (χ4n) is 2.65. The SMILES string of the molecule is CNCCC1CCCCN1C(=O)c1ccc([N+](=O)[O-])[nH]1. The number of carbonyl (C=O) groups is 1. The van der Waals surface area contributed by atoms with E-state index in [0.717, 1.165) is 38.8 Å². The molecule has 2 heterocycles. The van der Waals surface area contributed by atoms with Gasteiger partial charge >= 0.3 is 5.82 Å². The number of piperidine rings is 1. The van der Waals surface area contributed by atoms with E-state index in [9.17, 15) is 14.9 Å². The van der Waals surface area contributed by atoms with Crippen molar-refractivity contribution in [3.8, 4) is 0 Å². The summed E-state index contributed by atoms with van der Waals surface area (Å²) in [5.41, 5.74) is 0.299. The van der Waals surface area contributed by atoms with Crippen molar-refractivity contribution in [3.63, 3.8) is 0 Å². The molecular formula is C13H20N4O3. The molecule has 1 amide bonds. The van der Waals surface area contributed by atoms with Crippen LogP contribution in [0.1, 0.15) is 36.2 Å². The Morgan fingerprint density at radius 2 is 2.35 bits per heavy atom. The van der Waals surface area contributed by atoms with E-state index < -0.39 is 4.92 Å². The van der Waals surface area contributed by atoms with Crippen LogP contribution >= 0.6 is 0 Å². The zero-order chi connectivity index (χ0) is 14.5. The molecule has 1 aromatic heterocycles. The second kappa shape index (κ2) is 6.51. The lowest BCUT2D eigenvalue weighted by Gasteiger charge is -2.35. The van der Waals surface area contributed by atoms with Crippen molar-refractivity contribution in [1.29, 1.82) is 0 Å². The molecule has 1 unspecified atom stereocenters. The highest BCUT2D eigenvalue weighted by Gasteiger charge is 2.29. The van der Waals surface area contributed by atoms with Crippen LogP contribution in [0, 0.1) is 10.1 Å². The van der Waals surface area contributed by atoms with E-state index in [2.05, 4.69) is 10.3 Å². The maximum atomic E-state index is 12.5. The molecule has 0 aliphatic carbocycles. The van der Waals surface area contributed by atoms with E-state index in [4.69, 9.17) is 0 Å². The van der Waals surface area contributed by atoms with Gasteiger partial charge in [0.1, 0.15) is 0 Å². The Bertz CT molecular complexity index is 486. The van der Waals surface area contributed by atoms with E-state index in [-0.39, 0.29) is 17.8 Å². The second-order valence-electron chi connectivity index (χ2n) is 5.05. The van der Waals surface area contributed by atoms with Crippen molar-refractivity contribution >= 4 is 11.7 Å². The van der Waals surface area contributed by atoms with Crippen molar-refractivity contribution in [2.24, 2.45) is 0 Å². The molecular weight excluding hydrogens is 260 g/mol. The Kier molecular flexibility index (Phi) is 4.73. The molecule has 0 bridgehead atoms. The molecule has 1 fully saturated rings. The number of aromatic nitrogens is 1. The number of hydrogen-bond donors (Lipinski definition) is 2. The summed E-state index contributed by atoms with van der Waals surface area (Å²) in [6.07, 6.45) is 4.02. The summed E-state index contributed by atoms with van der Waals surface area (Å²) in [6, 6.07) is 3.04. The van der Waals surface area contributed by atoms with Crippen LogP contribution in [0.4, 0.5) is 5.82 Å². The van der Waals surface area contributed by atoms with Gasteiger partial charge in [-0.05, 0) is 50.3 Å². The summed E-state index contributed by atoms with van der Waals surface area (Å²) in [5.74, 6) is -0.281. The zero-order valence-electron chi connectivity index (χ0n) is 11.6. The molecule has 2 N–H and O–H groups in total. The summed E-state index contributed by atoms with van der Waals surface area (Å²) >= 11 is 0. The lowest BCUT2D eigenvalue weighted by molar-refractivity contribution is -0.389. The average molecular weight is 280 g/mol. The number of likely N-dealkylation sites (tertiary alicyclic amines) is 1. The molecule has 110 valence electrons. The predicted molar refractivity (Wildman–Crippen MR) is 74.7 cm³/mol. The predicted octanol–water partition coefficient (Wildman–Crippen LogP) is 1.53. The Morgan fingerprint density at radius 3 is 3.00 bits per heavy atom. The smallest absolute Gasteiger partial charge is 0.321 e. The van der Waals surface area contributed by atoms with Crippen molar-refractivity contribution in [2.45, 2.75) is 31.7 Å². The number of hydrogen-bond acceptors (Lipinski definition) is 4. The molecule has 1 saturated heterocycles. The molecule has 1 atom stereocenters. The third-order valence-corrected chi connectivity index (χ3v) is 3.71. The van der Waals surface area contributed by atoms with E-state index in [1.54, 1.807) is 0 Å². The first kappa shape index (κ1) is 14.5. The maximum absolute atomic E-state index is 12.5. The van der Waals surface area contributed by atoms with Crippen LogP contribution in [-0.4, -0.2) is 46.9 Å². The van der Waals surface area contributed by atoms with E-state index in [1.165, 1.54) is 12.1 Å². The Labute approximate surface area is 117 Å². The molecule has 1 aromatic rings. The number of nitrogens with zero attached hydrogens (tertiary/aromatic N) is 2. The summed E-state index contributed by atoms with van der Waals surface area (Å²) in [4.78, 5) is 27.0. The second-order valence-corrected chi connectivity index (χ2v) is 5.05. The van der Waals surface area contributed by atoms with Crippen LogP contribution in [0.2, 0.25) is 0 Å². The fourth-order valence-corrected chi connectivity index (χ4v) is 2.65. The first-order valence-electron chi connectivity index (χ1n) is 6.92. The average Bonchev–Trinajstić information content (AvgIpc) is 2.94. The highest BCUT2D eigenvalue weighted by Crippen LogP contribution is 2.22. The molecule has 20 heavy (non-hydrogen) atoms. The Hall–Kier alpha value is -1.89.